The highest BCUT2D eigenvalue weighted by Crippen LogP contribution is 2.29. The minimum absolute atomic E-state index is 0.124. The number of hydrogen-bond donors (Lipinski definition) is 2. The first kappa shape index (κ1) is 24.3. The zero-order chi connectivity index (χ0) is 22.0. The van der Waals surface area contributed by atoms with Crippen LogP contribution < -0.4 is 20.1 Å². The third-order valence-corrected chi connectivity index (χ3v) is 4.28. The molecule has 0 saturated heterocycles. The van der Waals surface area contributed by atoms with Gasteiger partial charge in [-0.2, -0.15) is 0 Å². The van der Waals surface area contributed by atoms with E-state index in [1.165, 1.54) is 14.2 Å². The molecule has 0 radical (unpaired) electrons. The Morgan fingerprint density at radius 3 is 2.17 bits per heavy atom. The molecule has 2 N–H and O–H groups in total. The smallest absolute Gasteiger partial charge is 0.328 e. The van der Waals surface area contributed by atoms with E-state index in [-0.39, 0.29) is 36.5 Å². The molecule has 0 spiro atoms. The minimum atomic E-state index is -0.683. The van der Waals surface area contributed by atoms with E-state index in [4.69, 9.17) is 14.2 Å². The van der Waals surface area contributed by atoms with Crippen LogP contribution in [0, 0.1) is 11.8 Å². The quantitative estimate of drug-likeness (QED) is 0.546. The number of amides is 2. The van der Waals surface area contributed by atoms with Gasteiger partial charge in [0.2, 0.25) is 11.8 Å². The van der Waals surface area contributed by atoms with Crippen molar-refractivity contribution in [3.8, 4) is 11.5 Å². The monoisotopic (exact) mass is 408 g/mol. The van der Waals surface area contributed by atoms with Gasteiger partial charge in [-0.3, -0.25) is 9.59 Å². The van der Waals surface area contributed by atoms with Crippen molar-refractivity contribution in [2.24, 2.45) is 11.8 Å². The standard InChI is InChI=1S/C21H32N2O6/c1-13(2)9-17(21(26)29-6)23-20(25)11-14(3)10-19(24)22-16-8-7-15(27-4)12-18(16)28-5/h7-8,12-14,17H,9-11H2,1-6H3,(H,22,24)(H,23,25)/t14-,17-/m1/s1. The molecule has 0 aliphatic carbocycles. The van der Waals surface area contributed by atoms with Crippen molar-refractivity contribution >= 4 is 23.5 Å². The summed E-state index contributed by atoms with van der Waals surface area (Å²) in [5.41, 5.74) is 0.526. The van der Waals surface area contributed by atoms with E-state index in [9.17, 15) is 14.4 Å². The lowest BCUT2D eigenvalue weighted by atomic mass is 10.0. The first-order valence-electron chi connectivity index (χ1n) is 9.59. The number of methoxy groups -OCH3 is 3. The summed E-state index contributed by atoms with van der Waals surface area (Å²) in [5.74, 6) is 0.121. The van der Waals surface area contributed by atoms with Gasteiger partial charge in [0.05, 0.1) is 27.0 Å². The average molecular weight is 408 g/mol. The molecule has 0 fully saturated rings. The molecule has 0 bridgehead atoms. The Morgan fingerprint density at radius 2 is 1.62 bits per heavy atom. The average Bonchev–Trinajstić information content (AvgIpc) is 2.66. The number of nitrogens with one attached hydrogen (secondary N) is 2. The normalized spacial score (nSPS) is 12.7. The zero-order valence-electron chi connectivity index (χ0n) is 18.0. The van der Waals surface area contributed by atoms with Crippen LogP contribution in [0.25, 0.3) is 0 Å². The summed E-state index contributed by atoms with van der Waals surface area (Å²) < 4.78 is 15.1. The number of carbonyl (C=O) groups is 3. The van der Waals surface area contributed by atoms with Crippen LogP contribution in [0.4, 0.5) is 5.69 Å². The van der Waals surface area contributed by atoms with Crippen LogP contribution in [-0.4, -0.2) is 45.2 Å². The van der Waals surface area contributed by atoms with Crippen molar-refractivity contribution < 1.29 is 28.6 Å². The van der Waals surface area contributed by atoms with E-state index < -0.39 is 12.0 Å². The van der Waals surface area contributed by atoms with Gasteiger partial charge in [0.25, 0.3) is 0 Å². The van der Waals surface area contributed by atoms with Crippen molar-refractivity contribution in [1.29, 1.82) is 0 Å². The highest BCUT2D eigenvalue weighted by atomic mass is 16.5. The van der Waals surface area contributed by atoms with Gasteiger partial charge < -0.3 is 24.8 Å². The highest BCUT2D eigenvalue weighted by molar-refractivity contribution is 5.93. The highest BCUT2D eigenvalue weighted by Gasteiger charge is 2.24. The summed E-state index contributed by atoms with van der Waals surface area (Å²) in [6, 6.07) is 4.40. The molecule has 2 atom stereocenters. The summed E-state index contributed by atoms with van der Waals surface area (Å²) >= 11 is 0. The maximum atomic E-state index is 12.3. The molecular formula is C21H32N2O6. The molecule has 8 nitrogen and oxygen atoms in total. The van der Waals surface area contributed by atoms with Gasteiger partial charge in [-0.1, -0.05) is 20.8 Å². The van der Waals surface area contributed by atoms with Gasteiger partial charge >= 0.3 is 5.97 Å². The van der Waals surface area contributed by atoms with Crippen LogP contribution in [0.3, 0.4) is 0 Å². The number of ether oxygens (including phenoxy) is 3. The number of anilines is 1. The van der Waals surface area contributed by atoms with Gasteiger partial charge in [-0.15, -0.1) is 0 Å². The zero-order valence-corrected chi connectivity index (χ0v) is 18.0. The second-order valence-corrected chi connectivity index (χ2v) is 7.40. The predicted molar refractivity (Wildman–Crippen MR) is 110 cm³/mol. The molecule has 1 aromatic carbocycles. The van der Waals surface area contributed by atoms with Crippen molar-refractivity contribution in [3.05, 3.63) is 18.2 Å². The first-order valence-corrected chi connectivity index (χ1v) is 9.59. The van der Waals surface area contributed by atoms with Gasteiger partial charge in [0.1, 0.15) is 17.5 Å². The number of rotatable bonds is 11. The fourth-order valence-corrected chi connectivity index (χ4v) is 2.89. The van der Waals surface area contributed by atoms with Crippen molar-refractivity contribution in [2.75, 3.05) is 26.6 Å². The third kappa shape index (κ3) is 8.41. The molecule has 162 valence electrons. The lowest BCUT2D eigenvalue weighted by Gasteiger charge is -2.19. The molecule has 0 saturated carbocycles. The summed E-state index contributed by atoms with van der Waals surface area (Å²) in [6.07, 6.45) is 0.763. The van der Waals surface area contributed by atoms with E-state index in [1.54, 1.807) is 32.2 Å². The van der Waals surface area contributed by atoms with E-state index in [0.717, 1.165) is 0 Å². The molecule has 1 aromatic rings. The maximum absolute atomic E-state index is 12.3. The Morgan fingerprint density at radius 1 is 0.966 bits per heavy atom. The van der Waals surface area contributed by atoms with Crippen LogP contribution in [-0.2, 0) is 19.1 Å². The summed E-state index contributed by atoms with van der Waals surface area (Å²) in [4.78, 5) is 36.5. The van der Waals surface area contributed by atoms with Crippen molar-refractivity contribution in [2.45, 2.75) is 46.1 Å². The van der Waals surface area contributed by atoms with Crippen molar-refractivity contribution in [3.63, 3.8) is 0 Å². The maximum Gasteiger partial charge on any atom is 0.328 e. The predicted octanol–water partition coefficient (Wildman–Crippen LogP) is 2.76. The molecule has 0 aliphatic rings. The van der Waals surface area contributed by atoms with E-state index in [0.29, 0.717) is 23.6 Å². The number of esters is 1. The first-order chi connectivity index (χ1) is 13.7. The Kier molecular flexibility index (Phi) is 9.99. The van der Waals surface area contributed by atoms with Gasteiger partial charge in [-0.05, 0) is 30.4 Å². The van der Waals surface area contributed by atoms with Gasteiger partial charge in [-0.25, -0.2) is 4.79 Å². The van der Waals surface area contributed by atoms with Crippen LogP contribution >= 0.6 is 0 Å². The van der Waals surface area contributed by atoms with Gasteiger partial charge in [0.15, 0.2) is 0 Å². The van der Waals surface area contributed by atoms with Crippen LogP contribution in [0.15, 0.2) is 18.2 Å². The van der Waals surface area contributed by atoms with Crippen LogP contribution in [0.2, 0.25) is 0 Å². The van der Waals surface area contributed by atoms with E-state index in [1.807, 2.05) is 13.8 Å². The molecule has 0 aliphatic heterocycles. The Labute approximate surface area is 172 Å². The van der Waals surface area contributed by atoms with Crippen LogP contribution in [0.1, 0.15) is 40.0 Å². The lowest BCUT2D eigenvalue weighted by Crippen LogP contribution is -2.42. The van der Waals surface area contributed by atoms with E-state index >= 15 is 0 Å². The topological polar surface area (TPSA) is 103 Å². The van der Waals surface area contributed by atoms with Crippen LogP contribution in [0.5, 0.6) is 11.5 Å². The molecule has 2 amide bonds. The third-order valence-electron chi connectivity index (χ3n) is 4.28. The summed E-state index contributed by atoms with van der Waals surface area (Å²) in [5, 5.41) is 5.49. The molecule has 1 rings (SSSR count). The molecule has 0 aromatic heterocycles. The fourth-order valence-electron chi connectivity index (χ4n) is 2.89. The summed E-state index contributed by atoms with van der Waals surface area (Å²) in [6.45, 7) is 5.73. The minimum Gasteiger partial charge on any atom is -0.497 e. The summed E-state index contributed by atoms with van der Waals surface area (Å²) in [7, 11) is 4.35. The Hall–Kier alpha value is -2.77. The molecule has 0 unspecified atom stereocenters. The SMILES string of the molecule is COC(=O)[C@@H](CC(C)C)NC(=O)C[C@H](C)CC(=O)Nc1ccc(OC)cc1OC. The number of hydrogen-bond acceptors (Lipinski definition) is 6. The number of carbonyl (C=O) groups excluding carboxylic acids is 3. The Balaban J connectivity index is 2.60. The second kappa shape index (κ2) is 11.9. The molecule has 29 heavy (non-hydrogen) atoms. The lowest BCUT2D eigenvalue weighted by molar-refractivity contribution is -0.145. The Bertz CT molecular complexity index is 704. The molecule has 8 heteroatoms. The fraction of sp³-hybridized carbons (Fsp3) is 0.571. The molecular weight excluding hydrogens is 376 g/mol. The van der Waals surface area contributed by atoms with E-state index in [2.05, 4.69) is 10.6 Å². The molecule has 0 heterocycles. The largest absolute Gasteiger partial charge is 0.497 e. The number of benzene rings is 1. The van der Waals surface area contributed by atoms with Gasteiger partial charge in [0, 0.05) is 18.9 Å². The second-order valence-electron chi connectivity index (χ2n) is 7.40. The van der Waals surface area contributed by atoms with Crippen molar-refractivity contribution in [1.82, 2.24) is 5.32 Å².